The summed E-state index contributed by atoms with van der Waals surface area (Å²) in [5.41, 5.74) is 1.60. The molecule has 0 spiro atoms. The summed E-state index contributed by atoms with van der Waals surface area (Å²) < 4.78 is 27.2. The van der Waals surface area contributed by atoms with Gasteiger partial charge in [-0.2, -0.15) is 4.31 Å². The predicted molar refractivity (Wildman–Crippen MR) is 113 cm³/mol. The Hall–Kier alpha value is -2.13. The zero-order valence-corrected chi connectivity index (χ0v) is 17.6. The van der Waals surface area contributed by atoms with Crippen LogP contribution < -0.4 is 5.32 Å². The number of hydrogen-bond donors (Lipinski definition) is 2. The fourth-order valence-electron chi connectivity index (χ4n) is 3.45. The summed E-state index contributed by atoms with van der Waals surface area (Å²) in [5.74, 6) is -0.109. The minimum atomic E-state index is -3.83. The SMILES string of the molecule is O=C(Nc1nc2ccccc2[nH]1)C1CCN(S(=O)(=O)c2c(Cl)cccc2Cl)CC1. The molecule has 29 heavy (non-hydrogen) atoms. The third-order valence-electron chi connectivity index (χ3n) is 4.97. The summed E-state index contributed by atoms with van der Waals surface area (Å²) in [7, 11) is -3.83. The number of rotatable bonds is 4. The Morgan fingerprint density at radius 3 is 2.38 bits per heavy atom. The Balaban J connectivity index is 1.43. The van der Waals surface area contributed by atoms with E-state index in [4.69, 9.17) is 23.2 Å². The van der Waals surface area contributed by atoms with Crippen molar-refractivity contribution >= 4 is 56.1 Å². The van der Waals surface area contributed by atoms with Gasteiger partial charge in [0.15, 0.2) is 0 Å². The fourth-order valence-corrected chi connectivity index (χ4v) is 6.01. The van der Waals surface area contributed by atoms with Gasteiger partial charge in [-0.1, -0.05) is 41.4 Å². The molecule has 0 aliphatic carbocycles. The topological polar surface area (TPSA) is 95.2 Å². The zero-order chi connectivity index (χ0) is 20.6. The molecule has 0 unspecified atom stereocenters. The first-order valence-corrected chi connectivity index (χ1v) is 11.3. The second-order valence-electron chi connectivity index (χ2n) is 6.82. The van der Waals surface area contributed by atoms with E-state index in [9.17, 15) is 13.2 Å². The molecule has 1 fully saturated rings. The quantitative estimate of drug-likeness (QED) is 0.626. The molecule has 3 aromatic rings. The molecule has 1 aromatic heterocycles. The maximum atomic E-state index is 12.9. The van der Waals surface area contributed by atoms with Gasteiger partial charge < -0.3 is 4.98 Å². The van der Waals surface area contributed by atoms with Crippen molar-refractivity contribution in [2.75, 3.05) is 18.4 Å². The average Bonchev–Trinajstić information content (AvgIpc) is 3.10. The van der Waals surface area contributed by atoms with Crippen molar-refractivity contribution in [3.8, 4) is 0 Å². The lowest BCUT2D eigenvalue weighted by molar-refractivity contribution is -0.120. The van der Waals surface area contributed by atoms with Crippen molar-refractivity contribution in [2.45, 2.75) is 17.7 Å². The van der Waals surface area contributed by atoms with E-state index in [2.05, 4.69) is 15.3 Å². The van der Waals surface area contributed by atoms with Crippen LogP contribution in [0.1, 0.15) is 12.8 Å². The van der Waals surface area contributed by atoms with Crippen LogP contribution in [-0.2, 0) is 14.8 Å². The summed E-state index contributed by atoms with van der Waals surface area (Å²) in [6.07, 6.45) is 0.792. The largest absolute Gasteiger partial charge is 0.324 e. The molecule has 0 atom stereocenters. The Kier molecular flexibility index (Phi) is 5.52. The molecule has 0 bridgehead atoms. The van der Waals surface area contributed by atoms with Crippen LogP contribution in [0.4, 0.5) is 5.95 Å². The van der Waals surface area contributed by atoms with E-state index in [-0.39, 0.29) is 39.9 Å². The molecular formula is C19H18Cl2N4O3S. The van der Waals surface area contributed by atoms with Crippen LogP contribution in [0.3, 0.4) is 0 Å². The highest BCUT2D eigenvalue weighted by Gasteiger charge is 2.34. The monoisotopic (exact) mass is 452 g/mol. The summed E-state index contributed by atoms with van der Waals surface area (Å²) in [6, 6.07) is 12.1. The standard InChI is InChI=1S/C19H18Cl2N4O3S/c20-13-4-3-5-14(21)17(13)29(27,28)25-10-8-12(9-11-25)18(26)24-19-22-15-6-1-2-7-16(15)23-19/h1-7,12H,8-11H2,(H2,22,23,24,26). The molecule has 0 saturated carbocycles. The van der Waals surface area contributed by atoms with Crippen LogP contribution in [0.15, 0.2) is 47.4 Å². The van der Waals surface area contributed by atoms with Gasteiger partial charge in [0.25, 0.3) is 0 Å². The maximum absolute atomic E-state index is 12.9. The number of piperidine rings is 1. The molecule has 2 aromatic carbocycles. The van der Waals surface area contributed by atoms with Crippen molar-refractivity contribution in [3.05, 3.63) is 52.5 Å². The number of benzene rings is 2. The first kappa shape index (κ1) is 20.2. The van der Waals surface area contributed by atoms with Crippen LogP contribution in [0.2, 0.25) is 10.0 Å². The van der Waals surface area contributed by atoms with E-state index in [0.717, 1.165) is 11.0 Å². The number of carbonyl (C=O) groups excluding carboxylic acids is 1. The lowest BCUT2D eigenvalue weighted by Crippen LogP contribution is -2.41. The smallest absolute Gasteiger partial charge is 0.246 e. The highest BCUT2D eigenvalue weighted by Crippen LogP contribution is 2.33. The molecule has 10 heteroatoms. The molecule has 1 amide bonds. The number of H-pyrrole nitrogens is 1. The number of anilines is 1. The van der Waals surface area contributed by atoms with Gasteiger partial charge in [-0.25, -0.2) is 13.4 Å². The van der Waals surface area contributed by atoms with Crippen LogP contribution in [0.5, 0.6) is 0 Å². The number of hydrogen-bond acceptors (Lipinski definition) is 4. The molecular weight excluding hydrogens is 435 g/mol. The molecule has 2 heterocycles. The van der Waals surface area contributed by atoms with Crippen LogP contribution >= 0.6 is 23.2 Å². The number of nitrogens with one attached hydrogen (secondary N) is 2. The number of nitrogens with zero attached hydrogens (tertiary/aromatic N) is 2. The molecule has 1 aliphatic heterocycles. The highest BCUT2D eigenvalue weighted by molar-refractivity contribution is 7.89. The van der Waals surface area contributed by atoms with E-state index < -0.39 is 10.0 Å². The number of carbonyl (C=O) groups is 1. The van der Waals surface area contributed by atoms with E-state index in [1.165, 1.54) is 16.4 Å². The average molecular weight is 453 g/mol. The zero-order valence-electron chi connectivity index (χ0n) is 15.2. The van der Waals surface area contributed by atoms with Crippen LogP contribution in [-0.4, -0.2) is 41.7 Å². The second kappa shape index (κ2) is 7.95. The molecule has 152 valence electrons. The van der Waals surface area contributed by atoms with Crippen LogP contribution in [0.25, 0.3) is 11.0 Å². The summed E-state index contributed by atoms with van der Waals surface area (Å²) in [5, 5.41) is 2.96. The predicted octanol–water partition coefficient (Wildman–Crippen LogP) is 3.91. The number of fused-ring (bicyclic) bond motifs is 1. The van der Waals surface area contributed by atoms with Crippen molar-refractivity contribution in [3.63, 3.8) is 0 Å². The Bertz CT molecular complexity index is 1120. The Morgan fingerprint density at radius 2 is 1.72 bits per heavy atom. The van der Waals surface area contributed by atoms with Gasteiger partial charge in [0.05, 0.1) is 21.1 Å². The Morgan fingerprint density at radius 1 is 1.07 bits per heavy atom. The summed E-state index contributed by atoms with van der Waals surface area (Å²) >= 11 is 12.1. The van der Waals surface area contributed by atoms with Gasteiger partial charge in [-0.3, -0.25) is 10.1 Å². The maximum Gasteiger partial charge on any atom is 0.246 e. The van der Waals surface area contributed by atoms with Crippen LogP contribution in [0, 0.1) is 5.92 Å². The van der Waals surface area contributed by atoms with Gasteiger partial charge in [-0.15, -0.1) is 0 Å². The number of amides is 1. The van der Waals surface area contributed by atoms with Gasteiger partial charge in [0, 0.05) is 19.0 Å². The number of aromatic nitrogens is 2. The minimum absolute atomic E-state index is 0.0854. The summed E-state index contributed by atoms with van der Waals surface area (Å²) in [4.78, 5) is 19.9. The third kappa shape index (κ3) is 3.98. The molecule has 0 radical (unpaired) electrons. The molecule has 1 saturated heterocycles. The van der Waals surface area contributed by atoms with E-state index in [1.54, 1.807) is 6.07 Å². The van der Waals surface area contributed by atoms with Gasteiger partial charge in [0.2, 0.25) is 21.9 Å². The molecule has 2 N–H and O–H groups in total. The number of halogens is 2. The Labute approximate surface area is 178 Å². The first-order valence-electron chi connectivity index (χ1n) is 9.06. The number of aromatic amines is 1. The van der Waals surface area contributed by atoms with Gasteiger partial charge in [0.1, 0.15) is 4.90 Å². The first-order chi connectivity index (χ1) is 13.9. The van der Waals surface area contributed by atoms with Crippen molar-refractivity contribution in [1.82, 2.24) is 14.3 Å². The van der Waals surface area contributed by atoms with E-state index in [1.807, 2.05) is 24.3 Å². The molecule has 1 aliphatic rings. The van der Waals surface area contributed by atoms with E-state index >= 15 is 0 Å². The minimum Gasteiger partial charge on any atom is -0.324 e. The fraction of sp³-hybridized carbons (Fsp3) is 0.263. The van der Waals surface area contributed by atoms with E-state index in [0.29, 0.717) is 18.8 Å². The number of sulfonamides is 1. The van der Waals surface area contributed by atoms with Crippen molar-refractivity contribution < 1.29 is 13.2 Å². The number of para-hydroxylation sites is 2. The lowest BCUT2D eigenvalue weighted by atomic mass is 9.97. The van der Waals surface area contributed by atoms with Gasteiger partial charge >= 0.3 is 0 Å². The second-order valence-corrected chi connectivity index (χ2v) is 9.51. The van der Waals surface area contributed by atoms with Crippen molar-refractivity contribution in [1.29, 1.82) is 0 Å². The normalized spacial score (nSPS) is 16.2. The molecule has 4 rings (SSSR count). The summed E-state index contributed by atoms with van der Waals surface area (Å²) in [6.45, 7) is 0.421. The van der Waals surface area contributed by atoms with Gasteiger partial charge in [-0.05, 0) is 37.1 Å². The lowest BCUT2D eigenvalue weighted by Gasteiger charge is -2.30. The van der Waals surface area contributed by atoms with Crippen molar-refractivity contribution in [2.24, 2.45) is 5.92 Å². The third-order valence-corrected chi connectivity index (χ3v) is 7.83. The molecule has 7 nitrogen and oxygen atoms in total. The number of imidazole rings is 1. The highest BCUT2D eigenvalue weighted by atomic mass is 35.5.